The van der Waals surface area contributed by atoms with Crippen LogP contribution in [0.25, 0.3) is 6.08 Å². The average molecular weight is 463 g/mol. The molecule has 0 fully saturated rings. The number of hydrogen-bond donors (Lipinski definition) is 1. The van der Waals surface area contributed by atoms with Gasteiger partial charge in [0.1, 0.15) is 17.7 Å². The van der Waals surface area contributed by atoms with Crippen LogP contribution in [-0.2, 0) is 19.1 Å². The number of phenols is 1. The van der Waals surface area contributed by atoms with Crippen LogP contribution >= 0.6 is 0 Å². The number of esters is 1. The number of likely N-dealkylation sites (N-methyl/N-ethyl adjacent to an activating group) is 1. The van der Waals surface area contributed by atoms with Gasteiger partial charge in [0.05, 0.1) is 18.0 Å². The van der Waals surface area contributed by atoms with E-state index in [-0.39, 0.29) is 24.2 Å². The number of ether oxygens (including phenoxy) is 3. The summed E-state index contributed by atoms with van der Waals surface area (Å²) in [5.41, 5.74) is -1.17. The summed E-state index contributed by atoms with van der Waals surface area (Å²) in [4.78, 5) is 47.7. The zero-order valence-corrected chi connectivity index (χ0v) is 18.7. The molecule has 0 bridgehead atoms. The number of nitrogens with zero attached hydrogens (tertiary/aromatic N) is 3. The van der Waals surface area contributed by atoms with Crippen molar-refractivity contribution in [1.29, 1.82) is 5.26 Å². The van der Waals surface area contributed by atoms with Crippen LogP contribution in [-0.4, -0.2) is 58.8 Å². The molecular formula is C21H25N3O9. The molecule has 0 aliphatic carbocycles. The van der Waals surface area contributed by atoms with Crippen LogP contribution in [0.5, 0.6) is 11.5 Å². The monoisotopic (exact) mass is 463 g/mol. The van der Waals surface area contributed by atoms with Crippen molar-refractivity contribution >= 4 is 29.8 Å². The highest BCUT2D eigenvalue weighted by atomic mass is 16.7. The van der Waals surface area contributed by atoms with E-state index in [2.05, 4.69) is 0 Å². The number of nitriles is 1. The van der Waals surface area contributed by atoms with Crippen molar-refractivity contribution in [3.8, 4) is 17.6 Å². The lowest BCUT2D eigenvalue weighted by Crippen LogP contribution is -2.31. The van der Waals surface area contributed by atoms with E-state index in [1.165, 1.54) is 11.8 Å². The number of nitro groups is 1. The van der Waals surface area contributed by atoms with E-state index >= 15 is 0 Å². The number of benzene rings is 1. The van der Waals surface area contributed by atoms with Gasteiger partial charge in [-0.2, -0.15) is 5.26 Å². The molecule has 1 rings (SSSR count). The Kier molecular flexibility index (Phi) is 10.3. The molecule has 0 saturated carbocycles. The lowest BCUT2D eigenvalue weighted by molar-refractivity contribution is -0.385. The minimum atomic E-state index is -1.34. The van der Waals surface area contributed by atoms with Gasteiger partial charge in [0, 0.05) is 19.2 Å². The number of amides is 1. The maximum atomic E-state index is 12.5. The second-order valence-corrected chi connectivity index (χ2v) is 6.58. The molecular weight excluding hydrogens is 438 g/mol. The summed E-state index contributed by atoms with van der Waals surface area (Å²) < 4.78 is 14.5. The molecule has 12 heteroatoms. The predicted octanol–water partition coefficient (Wildman–Crippen LogP) is 2.93. The van der Waals surface area contributed by atoms with Crippen molar-refractivity contribution in [3.63, 3.8) is 0 Å². The highest BCUT2D eigenvalue weighted by Gasteiger charge is 2.24. The third-order valence-electron chi connectivity index (χ3n) is 4.24. The summed E-state index contributed by atoms with van der Waals surface area (Å²) in [6.45, 7) is 7.29. The molecule has 0 aliphatic rings. The Hall–Kier alpha value is -4.14. The highest BCUT2D eigenvalue weighted by Crippen LogP contribution is 2.38. The van der Waals surface area contributed by atoms with Crippen molar-refractivity contribution in [2.45, 2.75) is 40.2 Å². The Morgan fingerprint density at radius 2 is 1.91 bits per heavy atom. The number of nitro benzene ring substituents is 1. The lowest BCUT2D eigenvalue weighted by Gasteiger charge is -2.17. The minimum absolute atomic E-state index is 0.0427. The third kappa shape index (κ3) is 7.80. The first-order valence-electron chi connectivity index (χ1n) is 10.0. The fourth-order valence-corrected chi connectivity index (χ4v) is 2.68. The van der Waals surface area contributed by atoms with Crippen molar-refractivity contribution in [3.05, 3.63) is 33.4 Å². The number of carbonyl (C=O) groups excluding carboxylic acids is 3. The molecule has 0 radical (unpaired) electrons. The van der Waals surface area contributed by atoms with Crippen molar-refractivity contribution in [2.75, 3.05) is 19.7 Å². The van der Waals surface area contributed by atoms with Gasteiger partial charge in [0.15, 0.2) is 5.75 Å². The zero-order valence-electron chi connectivity index (χ0n) is 18.7. The van der Waals surface area contributed by atoms with Gasteiger partial charge < -0.3 is 24.2 Å². The van der Waals surface area contributed by atoms with E-state index in [0.717, 1.165) is 18.2 Å². The quantitative estimate of drug-likeness (QED) is 0.136. The fourth-order valence-electron chi connectivity index (χ4n) is 2.68. The first-order chi connectivity index (χ1) is 15.6. The second kappa shape index (κ2) is 12.7. The molecule has 1 atom stereocenters. The summed E-state index contributed by atoms with van der Waals surface area (Å²) in [6.07, 6.45) is -1.45. The molecule has 12 nitrogen and oxygen atoms in total. The highest BCUT2D eigenvalue weighted by molar-refractivity contribution is 6.01. The normalized spacial score (nSPS) is 11.7. The van der Waals surface area contributed by atoms with Crippen LogP contribution in [0.15, 0.2) is 17.7 Å². The number of rotatable bonds is 10. The summed E-state index contributed by atoms with van der Waals surface area (Å²) in [7, 11) is 0. The Balaban J connectivity index is 3.24. The van der Waals surface area contributed by atoms with Crippen LogP contribution in [0.4, 0.5) is 10.5 Å². The SMILES string of the molecule is CCOC(=O)CC(C)OC(=O)Oc1cc(C=C(C#N)C(=O)N(CC)CC)cc([N+](=O)[O-])c1O. The zero-order chi connectivity index (χ0) is 25.1. The van der Waals surface area contributed by atoms with Crippen LogP contribution in [0, 0.1) is 21.4 Å². The molecule has 33 heavy (non-hydrogen) atoms. The molecule has 1 aromatic carbocycles. The minimum Gasteiger partial charge on any atom is -0.499 e. The molecule has 0 aromatic heterocycles. The van der Waals surface area contributed by atoms with E-state index in [4.69, 9.17) is 14.2 Å². The maximum Gasteiger partial charge on any atom is 0.514 e. The summed E-state index contributed by atoms with van der Waals surface area (Å²) in [5, 5.41) is 30.8. The van der Waals surface area contributed by atoms with Gasteiger partial charge in [-0.05, 0) is 45.4 Å². The van der Waals surface area contributed by atoms with Crippen LogP contribution in [0.3, 0.4) is 0 Å². The molecule has 0 heterocycles. The van der Waals surface area contributed by atoms with Gasteiger partial charge in [-0.1, -0.05) is 0 Å². The molecule has 1 amide bonds. The summed E-state index contributed by atoms with van der Waals surface area (Å²) in [6, 6.07) is 3.69. The molecule has 1 N–H and O–H groups in total. The first-order valence-corrected chi connectivity index (χ1v) is 10.0. The van der Waals surface area contributed by atoms with Gasteiger partial charge >= 0.3 is 17.8 Å². The Bertz CT molecular complexity index is 978. The molecule has 0 saturated heterocycles. The number of aromatic hydroxyl groups is 1. The molecule has 0 spiro atoms. The van der Waals surface area contributed by atoms with Gasteiger partial charge in [0.2, 0.25) is 5.75 Å². The van der Waals surface area contributed by atoms with Crippen LogP contribution in [0.2, 0.25) is 0 Å². The summed E-state index contributed by atoms with van der Waals surface area (Å²) in [5.74, 6) is -2.78. The number of phenolic OH excluding ortho intramolecular Hbond substituents is 1. The Morgan fingerprint density at radius 1 is 1.27 bits per heavy atom. The Morgan fingerprint density at radius 3 is 2.42 bits per heavy atom. The van der Waals surface area contributed by atoms with Crippen molar-refractivity contribution in [1.82, 2.24) is 4.90 Å². The van der Waals surface area contributed by atoms with Gasteiger partial charge in [-0.3, -0.25) is 19.7 Å². The van der Waals surface area contributed by atoms with Crippen molar-refractivity contribution < 1.29 is 38.6 Å². The number of hydrogen-bond acceptors (Lipinski definition) is 10. The second-order valence-electron chi connectivity index (χ2n) is 6.58. The maximum absolute atomic E-state index is 12.5. The Labute approximate surface area is 190 Å². The topological polar surface area (TPSA) is 169 Å². The van der Waals surface area contributed by atoms with E-state index in [9.17, 15) is 34.9 Å². The van der Waals surface area contributed by atoms with Crippen LogP contribution in [0.1, 0.15) is 39.7 Å². The van der Waals surface area contributed by atoms with E-state index < -0.39 is 46.2 Å². The van der Waals surface area contributed by atoms with Crippen molar-refractivity contribution in [2.24, 2.45) is 0 Å². The first kappa shape index (κ1) is 26.9. The lowest BCUT2D eigenvalue weighted by atomic mass is 10.1. The standard InChI is InChI=1S/C21H25N3O9/c1-5-23(6-2)20(27)15(12-22)9-14-10-16(24(29)30)19(26)17(11-14)33-21(28)32-13(4)8-18(25)31-7-3/h9-11,13,26H,5-8H2,1-4H3. The largest absolute Gasteiger partial charge is 0.514 e. The third-order valence-corrected chi connectivity index (χ3v) is 4.24. The molecule has 0 aliphatic heterocycles. The van der Waals surface area contributed by atoms with Gasteiger partial charge in [0.25, 0.3) is 5.91 Å². The smallest absolute Gasteiger partial charge is 0.499 e. The summed E-state index contributed by atoms with van der Waals surface area (Å²) >= 11 is 0. The van der Waals surface area contributed by atoms with E-state index in [0.29, 0.717) is 13.1 Å². The molecule has 178 valence electrons. The van der Waals surface area contributed by atoms with E-state index in [1.54, 1.807) is 26.8 Å². The van der Waals surface area contributed by atoms with Gasteiger partial charge in [-0.15, -0.1) is 0 Å². The fraction of sp³-hybridized carbons (Fsp3) is 0.429. The van der Waals surface area contributed by atoms with E-state index in [1.807, 2.05) is 0 Å². The molecule has 1 aromatic rings. The van der Waals surface area contributed by atoms with Crippen LogP contribution < -0.4 is 4.74 Å². The molecule has 1 unspecified atom stereocenters. The average Bonchev–Trinajstić information content (AvgIpc) is 2.74. The van der Waals surface area contributed by atoms with Gasteiger partial charge in [-0.25, -0.2) is 4.79 Å². The number of carbonyl (C=O) groups is 3. The predicted molar refractivity (Wildman–Crippen MR) is 114 cm³/mol.